The summed E-state index contributed by atoms with van der Waals surface area (Å²) in [5, 5.41) is 9.65. The van der Waals surface area contributed by atoms with E-state index in [1.165, 1.54) is 0 Å². The average Bonchev–Trinajstić information content (AvgIpc) is 2.49. The van der Waals surface area contributed by atoms with Gasteiger partial charge in [0.05, 0.1) is 11.4 Å². The molecule has 5 heteroatoms. The first kappa shape index (κ1) is 15.5. The van der Waals surface area contributed by atoms with Crippen LogP contribution in [0, 0.1) is 13.8 Å². The molecule has 0 amide bonds. The van der Waals surface area contributed by atoms with Crippen LogP contribution in [0.3, 0.4) is 0 Å². The number of halogens is 1. The summed E-state index contributed by atoms with van der Waals surface area (Å²) in [5.41, 5.74) is 4.43. The van der Waals surface area contributed by atoms with Crippen LogP contribution in [0.15, 0.2) is 51.7 Å². The van der Waals surface area contributed by atoms with Crippen LogP contribution >= 0.6 is 15.9 Å². The average molecular weight is 371 g/mol. The summed E-state index contributed by atoms with van der Waals surface area (Å²) < 4.78 is 0.990. The van der Waals surface area contributed by atoms with Gasteiger partial charge in [-0.3, -0.25) is 0 Å². The van der Waals surface area contributed by atoms with Gasteiger partial charge in [-0.25, -0.2) is 4.79 Å². The van der Waals surface area contributed by atoms with E-state index in [1.807, 2.05) is 44.2 Å². The molecule has 0 aliphatic heterocycles. The Morgan fingerprint density at radius 2 is 1.83 bits per heavy atom. The van der Waals surface area contributed by atoms with Crippen LogP contribution in [0.4, 0.5) is 0 Å². The summed E-state index contributed by atoms with van der Waals surface area (Å²) in [6.07, 6.45) is 0. The fraction of sp³-hybridized carbons (Fsp3) is 0.111. The van der Waals surface area contributed by atoms with E-state index in [0.717, 1.165) is 32.4 Å². The number of H-pyrrole nitrogens is 1. The number of phenolic OH excluding ortho intramolecular Hbond substituents is 1. The number of nitrogens with one attached hydrogen (secondary N) is 1. The molecule has 1 heterocycles. The first-order chi connectivity index (χ1) is 10.9. The van der Waals surface area contributed by atoms with Crippen molar-refractivity contribution in [2.75, 3.05) is 0 Å². The SMILES string of the molecule is Cc1cc(-c2cc(-c3ccc(Br)cc3C)[nH]c(=O)n2)ccc1O. The molecule has 3 rings (SSSR count). The Morgan fingerprint density at radius 3 is 2.52 bits per heavy atom. The molecule has 2 aromatic carbocycles. The molecule has 0 atom stereocenters. The predicted octanol–water partition coefficient (Wildman–Crippen LogP) is 4.19. The van der Waals surface area contributed by atoms with Gasteiger partial charge in [-0.05, 0) is 61.4 Å². The third-order valence-corrected chi connectivity index (χ3v) is 4.21. The fourth-order valence-electron chi connectivity index (χ4n) is 2.49. The fourth-order valence-corrected chi connectivity index (χ4v) is 2.97. The normalized spacial score (nSPS) is 10.7. The van der Waals surface area contributed by atoms with Crippen LogP contribution in [0.5, 0.6) is 5.75 Å². The third-order valence-electron chi connectivity index (χ3n) is 3.72. The molecule has 0 aliphatic rings. The number of benzene rings is 2. The van der Waals surface area contributed by atoms with Gasteiger partial charge < -0.3 is 10.1 Å². The van der Waals surface area contributed by atoms with Crippen molar-refractivity contribution >= 4 is 15.9 Å². The number of aromatic hydroxyl groups is 1. The largest absolute Gasteiger partial charge is 0.508 e. The standard InChI is InChI=1S/C18H15BrN2O2/c1-10-8-13(19)4-5-14(10)16-9-15(20-18(23)21-16)12-3-6-17(22)11(2)7-12/h3-9,22H,1-2H3,(H,20,21,23). The lowest BCUT2D eigenvalue weighted by molar-refractivity contribution is 0.471. The van der Waals surface area contributed by atoms with E-state index in [1.54, 1.807) is 12.1 Å². The van der Waals surface area contributed by atoms with Gasteiger partial charge in [0.15, 0.2) is 0 Å². The van der Waals surface area contributed by atoms with E-state index < -0.39 is 5.69 Å². The zero-order valence-corrected chi connectivity index (χ0v) is 14.3. The van der Waals surface area contributed by atoms with Crippen molar-refractivity contribution < 1.29 is 5.11 Å². The molecule has 0 radical (unpaired) electrons. The summed E-state index contributed by atoms with van der Waals surface area (Å²) >= 11 is 3.44. The van der Waals surface area contributed by atoms with Crippen molar-refractivity contribution in [2.24, 2.45) is 0 Å². The van der Waals surface area contributed by atoms with E-state index in [0.29, 0.717) is 5.69 Å². The van der Waals surface area contributed by atoms with Gasteiger partial charge in [0.1, 0.15) is 5.75 Å². The molecule has 3 aromatic rings. The number of nitrogens with zero attached hydrogens (tertiary/aromatic N) is 1. The van der Waals surface area contributed by atoms with Crippen LogP contribution in [0.2, 0.25) is 0 Å². The van der Waals surface area contributed by atoms with E-state index in [9.17, 15) is 9.90 Å². The van der Waals surface area contributed by atoms with Gasteiger partial charge in [0.2, 0.25) is 0 Å². The van der Waals surface area contributed by atoms with E-state index in [2.05, 4.69) is 25.9 Å². The Morgan fingerprint density at radius 1 is 1.04 bits per heavy atom. The monoisotopic (exact) mass is 370 g/mol. The van der Waals surface area contributed by atoms with Crippen LogP contribution in [-0.2, 0) is 0 Å². The molecule has 23 heavy (non-hydrogen) atoms. The highest BCUT2D eigenvalue weighted by molar-refractivity contribution is 9.10. The predicted molar refractivity (Wildman–Crippen MR) is 94.6 cm³/mol. The molecule has 116 valence electrons. The number of hydrogen-bond donors (Lipinski definition) is 2. The first-order valence-electron chi connectivity index (χ1n) is 7.12. The second kappa shape index (κ2) is 6.01. The maximum atomic E-state index is 12.0. The van der Waals surface area contributed by atoms with E-state index in [4.69, 9.17) is 0 Å². The van der Waals surface area contributed by atoms with Crippen molar-refractivity contribution in [1.29, 1.82) is 0 Å². The van der Waals surface area contributed by atoms with Crippen LogP contribution in [-0.4, -0.2) is 15.1 Å². The molecule has 0 aliphatic carbocycles. The Bertz CT molecular complexity index is 948. The summed E-state index contributed by atoms with van der Waals surface area (Å²) in [5.74, 6) is 0.225. The highest BCUT2D eigenvalue weighted by Gasteiger charge is 2.09. The molecule has 0 saturated carbocycles. The minimum atomic E-state index is -0.398. The molecular formula is C18H15BrN2O2. The molecule has 0 spiro atoms. The van der Waals surface area contributed by atoms with Gasteiger partial charge in [-0.15, -0.1) is 0 Å². The molecule has 4 nitrogen and oxygen atoms in total. The summed E-state index contributed by atoms with van der Waals surface area (Å²) in [7, 11) is 0. The van der Waals surface area contributed by atoms with Crippen molar-refractivity contribution in [3.63, 3.8) is 0 Å². The second-order valence-corrected chi connectivity index (χ2v) is 6.36. The Hall–Kier alpha value is -2.40. The molecule has 0 unspecified atom stereocenters. The molecule has 0 saturated heterocycles. The quantitative estimate of drug-likeness (QED) is 0.710. The number of hydrogen-bond acceptors (Lipinski definition) is 3. The van der Waals surface area contributed by atoms with E-state index >= 15 is 0 Å². The Labute approximate surface area is 142 Å². The van der Waals surface area contributed by atoms with Crippen LogP contribution in [0.25, 0.3) is 22.5 Å². The van der Waals surface area contributed by atoms with Crippen molar-refractivity contribution in [3.8, 4) is 28.3 Å². The zero-order valence-electron chi connectivity index (χ0n) is 12.7. The number of aromatic nitrogens is 2. The summed E-state index contributed by atoms with van der Waals surface area (Å²) in [6.45, 7) is 3.80. The second-order valence-electron chi connectivity index (χ2n) is 5.45. The lowest BCUT2D eigenvalue weighted by atomic mass is 10.0. The summed E-state index contributed by atoms with van der Waals surface area (Å²) in [4.78, 5) is 18.8. The number of aryl methyl sites for hydroxylation is 2. The minimum Gasteiger partial charge on any atom is -0.508 e. The van der Waals surface area contributed by atoms with Gasteiger partial charge in [-0.2, -0.15) is 4.98 Å². The van der Waals surface area contributed by atoms with Gasteiger partial charge in [0.25, 0.3) is 0 Å². The number of phenols is 1. The summed E-state index contributed by atoms with van der Waals surface area (Å²) in [6, 6.07) is 12.9. The first-order valence-corrected chi connectivity index (χ1v) is 7.91. The number of aromatic amines is 1. The topological polar surface area (TPSA) is 66.0 Å². The smallest absolute Gasteiger partial charge is 0.345 e. The lowest BCUT2D eigenvalue weighted by Crippen LogP contribution is -2.12. The maximum Gasteiger partial charge on any atom is 0.345 e. The zero-order chi connectivity index (χ0) is 16.6. The molecular weight excluding hydrogens is 356 g/mol. The van der Waals surface area contributed by atoms with Crippen molar-refractivity contribution in [3.05, 3.63) is 68.5 Å². The van der Waals surface area contributed by atoms with Crippen molar-refractivity contribution in [2.45, 2.75) is 13.8 Å². The lowest BCUT2D eigenvalue weighted by Gasteiger charge is -2.09. The van der Waals surface area contributed by atoms with Gasteiger partial charge in [0, 0.05) is 15.6 Å². The Kier molecular flexibility index (Phi) is 4.05. The third kappa shape index (κ3) is 3.19. The molecule has 0 bridgehead atoms. The van der Waals surface area contributed by atoms with Gasteiger partial charge >= 0.3 is 5.69 Å². The highest BCUT2D eigenvalue weighted by atomic mass is 79.9. The van der Waals surface area contributed by atoms with E-state index in [-0.39, 0.29) is 5.75 Å². The Balaban J connectivity index is 2.16. The maximum absolute atomic E-state index is 12.0. The molecule has 2 N–H and O–H groups in total. The molecule has 0 fully saturated rings. The van der Waals surface area contributed by atoms with Gasteiger partial charge in [-0.1, -0.05) is 22.0 Å². The molecule has 1 aromatic heterocycles. The van der Waals surface area contributed by atoms with Crippen LogP contribution in [0.1, 0.15) is 11.1 Å². The number of rotatable bonds is 2. The minimum absolute atomic E-state index is 0.225. The van der Waals surface area contributed by atoms with Crippen molar-refractivity contribution in [1.82, 2.24) is 9.97 Å². The van der Waals surface area contributed by atoms with Crippen LogP contribution < -0.4 is 5.69 Å². The highest BCUT2D eigenvalue weighted by Crippen LogP contribution is 2.28.